The van der Waals surface area contributed by atoms with E-state index < -0.39 is 0 Å². The van der Waals surface area contributed by atoms with Crippen LogP contribution < -0.4 is 4.90 Å². The van der Waals surface area contributed by atoms with E-state index in [0.29, 0.717) is 18.9 Å². The summed E-state index contributed by atoms with van der Waals surface area (Å²) in [6.45, 7) is 8.30. The second-order valence-corrected chi connectivity index (χ2v) is 8.18. The van der Waals surface area contributed by atoms with E-state index in [1.54, 1.807) is 0 Å². The van der Waals surface area contributed by atoms with Gasteiger partial charge < -0.3 is 9.47 Å². The molecule has 1 atom stereocenters. The first-order valence-corrected chi connectivity index (χ1v) is 10.4. The molecule has 1 saturated heterocycles. The Morgan fingerprint density at radius 2 is 1.86 bits per heavy atom. The summed E-state index contributed by atoms with van der Waals surface area (Å²) in [4.78, 5) is 19.8. The Kier molecular flexibility index (Phi) is 5.21. The standard InChI is InChI=1S/C24H29N3O/c1-4-18-9-5-7-11-21(18)27-16-19(15-23(27)28)24-25-20-10-6-8-12-22(20)26(24)14-13-17(2)3/h5-12,17,19H,4,13-16H2,1-3H3/t19-/m0/s1. The van der Waals surface area contributed by atoms with E-state index >= 15 is 0 Å². The summed E-state index contributed by atoms with van der Waals surface area (Å²) >= 11 is 0. The second-order valence-electron chi connectivity index (χ2n) is 8.18. The van der Waals surface area contributed by atoms with Gasteiger partial charge in [0.25, 0.3) is 0 Å². The zero-order valence-corrected chi connectivity index (χ0v) is 17.1. The molecule has 1 fully saturated rings. The monoisotopic (exact) mass is 375 g/mol. The number of rotatable bonds is 6. The van der Waals surface area contributed by atoms with Gasteiger partial charge in [0.15, 0.2) is 0 Å². The number of aryl methyl sites for hydroxylation is 2. The number of fused-ring (bicyclic) bond motifs is 1. The highest BCUT2D eigenvalue weighted by Gasteiger charge is 2.35. The average Bonchev–Trinajstić information content (AvgIpc) is 3.26. The summed E-state index contributed by atoms with van der Waals surface area (Å²) in [5, 5.41) is 0. The molecule has 146 valence electrons. The molecule has 1 aromatic heterocycles. The maximum Gasteiger partial charge on any atom is 0.227 e. The van der Waals surface area contributed by atoms with E-state index in [1.165, 1.54) is 11.1 Å². The van der Waals surface area contributed by atoms with Crippen molar-refractivity contribution in [1.82, 2.24) is 9.55 Å². The molecule has 1 aliphatic rings. The largest absolute Gasteiger partial charge is 0.328 e. The van der Waals surface area contributed by atoms with E-state index in [2.05, 4.69) is 55.7 Å². The highest BCUT2D eigenvalue weighted by Crippen LogP contribution is 2.35. The first-order valence-electron chi connectivity index (χ1n) is 10.4. The number of para-hydroxylation sites is 3. The number of anilines is 1. The molecule has 1 aliphatic heterocycles. The van der Waals surface area contributed by atoms with Gasteiger partial charge in [-0.25, -0.2) is 4.98 Å². The smallest absolute Gasteiger partial charge is 0.227 e. The Balaban J connectivity index is 1.69. The van der Waals surface area contributed by atoms with Crippen LogP contribution in [0.25, 0.3) is 11.0 Å². The van der Waals surface area contributed by atoms with Gasteiger partial charge in [0, 0.05) is 31.1 Å². The predicted octanol–water partition coefficient (Wildman–Crippen LogP) is 5.17. The van der Waals surface area contributed by atoms with E-state index in [1.807, 2.05) is 23.1 Å². The first kappa shape index (κ1) is 18.7. The molecule has 0 aliphatic carbocycles. The predicted molar refractivity (Wildman–Crippen MR) is 115 cm³/mol. The number of carbonyl (C=O) groups excluding carboxylic acids is 1. The SMILES string of the molecule is CCc1ccccc1N1C[C@@H](c2nc3ccccc3n2CCC(C)C)CC1=O. The van der Waals surface area contributed by atoms with E-state index in [0.717, 1.165) is 36.4 Å². The van der Waals surface area contributed by atoms with Crippen molar-refractivity contribution in [2.45, 2.75) is 52.5 Å². The third-order valence-electron chi connectivity index (χ3n) is 5.77. The Morgan fingerprint density at radius 3 is 2.64 bits per heavy atom. The van der Waals surface area contributed by atoms with Crippen molar-refractivity contribution in [3.8, 4) is 0 Å². The molecule has 2 heterocycles. The minimum absolute atomic E-state index is 0.136. The van der Waals surface area contributed by atoms with E-state index in [9.17, 15) is 4.79 Å². The van der Waals surface area contributed by atoms with Crippen molar-refractivity contribution >= 4 is 22.6 Å². The van der Waals surface area contributed by atoms with Gasteiger partial charge in [0.2, 0.25) is 5.91 Å². The van der Waals surface area contributed by atoms with Crippen LogP contribution in [0, 0.1) is 5.92 Å². The lowest BCUT2D eigenvalue weighted by molar-refractivity contribution is -0.117. The zero-order valence-electron chi connectivity index (χ0n) is 17.1. The Morgan fingerprint density at radius 1 is 1.11 bits per heavy atom. The molecule has 0 radical (unpaired) electrons. The summed E-state index contributed by atoms with van der Waals surface area (Å²) in [5.74, 6) is 2.03. The molecule has 0 unspecified atom stereocenters. The summed E-state index contributed by atoms with van der Waals surface area (Å²) in [6, 6.07) is 16.6. The fourth-order valence-electron chi connectivity index (χ4n) is 4.21. The van der Waals surface area contributed by atoms with Crippen LogP contribution in [-0.4, -0.2) is 22.0 Å². The van der Waals surface area contributed by atoms with Crippen LogP contribution in [0.5, 0.6) is 0 Å². The Bertz CT molecular complexity index is 988. The lowest BCUT2D eigenvalue weighted by Crippen LogP contribution is -2.25. The summed E-state index contributed by atoms with van der Waals surface area (Å²) < 4.78 is 2.35. The van der Waals surface area contributed by atoms with Gasteiger partial charge in [0.1, 0.15) is 5.82 Å². The van der Waals surface area contributed by atoms with Crippen LogP contribution in [-0.2, 0) is 17.8 Å². The first-order chi connectivity index (χ1) is 13.6. The highest BCUT2D eigenvalue weighted by atomic mass is 16.2. The quantitative estimate of drug-likeness (QED) is 0.596. The number of nitrogens with zero attached hydrogens (tertiary/aromatic N) is 3. The van der Waals surface area contributed by atoms with Crippen LogP contribution in [0.3, 0.4) is 0 Å². The lowest BCUT2D eigenvalue weighted by Gasteiger charge is -2.20. The average molecular weight is 376 g/mol. The summed E-state index contributed by atoms with van der Waals surface area (Å²) in [5.41, 5.74) is 4.49. The van der Waals surface area contributed by atoms with Crippen molar-refractivity contribution in [3.05, 3.63) is 59.9 Å². The zero-order chi connectivity index (χ0) is 19.7. The van der Waals surface area contributed by atoms with Gasteiger partial charge in [-0.15, -0.1) is 0 Å². The fraction of sp³-hybridized carbons (Fsp3) is 0.417. The molecule has 1 amide bonds. The number of carbonyl (C=O) groups is 1. The molecule has 4 heteroatoms. The van der Waals surface area contributed by atoms with Gasteiger partial charge in [-0.05, 0) is 42.5 Å². The van der Waals surface area contributed by atoms with Crippen molar-refractivity contribution in [3.63, 3.8) is 0 Å². The third kappa shape index (κ3) is 3.44. The van der Waals surface area contributed by atoms with E-state index in [-0.39, 0.29) is 11.8 Å². The van der Waals surface area contributed by atoms with Gasteiger partial charge in [-0.2, -0.15) is 0 Å². The molecule has 2 aromatic carbocycles. The van der Waals surface area contributed by atoms with Crippen molar-refractivity contribution in [2.24, 2.45) is 5.92 Å². The number of aromatic nitrogens is 2. The summed E-state index contributed by atoms with van der Waals surface area (Å²) in [7, 11) is 0. The van der Waals surface area contributed by atoms with Crippen LogP contribution in [0.1, 0.15) is 50.9 Å². The van der Waals surface area contributed by atoms with Crippen LogP contribution in [0.15, 0.2) is 48.5 Å². The molecule has 0 saturated carbocycles. The fourth-order valence-corrected chi connectivity index (χ4v) is 4.21. The van der Waals surface area contributed by atoms with Crippen LogP contribution >= 0.6 is 0 Å². The molecule has 4 nitrogen and oxygen atoms in total. The van der Waals surface area contributed by atoms with Gasteiger partial charge in [0.05, 0.1) is 11.0 Å². The molecule has 0 spiro atoms. The van der Waals surface area contributed by atoms with Crippen LogP contribution in [0.4, 0.5) is 5.69 Å². The maximum atomic E-state index is 12.9. The lowest BCUT2D eigenvalue weighted by atomic mass is 10.1. The highest BCUT2D eigenvalue weighted by molar-refractivity contribution is 5.97. The summed E-state index contributed by atoms with van der Waals surface area (Å²) in [6.07, 6.45) is 2.57. The molecule has 28 heavy (non-hydrogen) atoms. The van der Waals surface area contributed by atoms with Crippen LogP contribution in [0.2, 0.25) is 0 Å². The molecular formula is C24H29N3O. The number of amides is 1. The number of benzene rings is 2. The molecular weight excluding hydrogens is 346 g/mol. The minimum atomic E-state index is 0.136. The second kappa shape index (κ2) is 7.78. The molecule has 0 bridgehead atoms. The number of imidazole rings is 1. The van der Waals surface area contributed by atoms with E-state index in [4.69, 9.17) is 4.98 Å². The number of hydrogen-bond donors (Lipinski definition) is 0. The third-order valence-corrected chi connectivity index (χ3v) is 5.77. The molecule has 3 aromatic rings. The van der Waals surface area contributed by atoms with Gasteiger partial charge in [-0.3, -0.25) is 4.79 Å². The maximum absolute atomic E-state index is 12.9. The van der Waals surface area contributed by atoms with Crippen molar-refractivity contribution in [1.29, 1.82) is 0 Å². The number of hydrogen-bond acceptors (Lipinski definition) is 2. The Hall–Kier alpha value is -2.62. The van der Waals surface area contributed by atoms with Gasteiger partial charge >= 0.3 is 0 Å². The molecule has 0 N–H and O–H groups in total. The van der Waals surface area contributed by atoms with Gasteiger partial charge in [-0.1, -0.05) is 51.1 Å². The molecule has 4 rings (SSSR count). The Labute approximate surface area is 167 Å². The van der Waals surface area contributed by atoms with Crippen molar-refractivity contribution < 1.29 is 4.79 Å². The minimum Gasteiger partial charge on any atom is -0.328 e. The van der Waals surface area contributed by atoms with Crippen molar-refractivity contribution in [2.75, 3.05) is 11.4 Å². The topological polar surface area (TPSA) is 38.1 Å². The normalized spacial score (nSPS) is 17.2.